The third-order valence-electron chi connectivity index (χ3n) is 3.64. The van der Waals surface area contributed by atoms with Gasteiger partial charge >= 0.3 is 0 Å². The highest BCUT2D eigenvalue weighted by Crippen LogP contribution is 2.28. The lowest BCUT2D eigenvalue weighted by atomic mass is 9.90. The second-order valence-corrected chi connectivity index (χ2v) is 6.20. The van der Waals surface area contributed by atoms with E-state index in [1.165, 1.54) is 12.8 Å². The molecule has 1 aromatic rings. The summed E-state index contributed by atoms with van der Waals surface area (Å²) in [5.41, 5.74) is 6.01. The number of aryl methyl sites for hydroxylation is 1. The summed E-state index contributed by atoms with van der Waals surface area (Å²) in [6, 6.07) is 0. The third-order valence-corrected chi connectivity index (χ3v) is 4.86. The number of thiocarbonyl (C=S) groups is 1. The van der Waals surface area contributed by atoms with Gasteiger partial charge in [0.25, 0.3) is 5.91 Å². The Hall–Kier alpha value is -1.08. The van der Waals surface area contributed by atoms with Crippen LogP contribution in [-0.4, -0.2) is 26.0 Å². The molecule has 1 saturated carbocycles. The smallest absolute Gasteiger partial charge is 0.265 e. The Labute approximate surface area is 122 Å². The summed E-state index contributed by atoms with van der Waals surface area (Å²) in [5.74, 6) is -0.165. The Bertz CT molecular complexity index is 478. The number of hydrogen-bond acceptors (Lipinski definition) is 5. The first-order chi connectivity index (χ1) is 9.05. The summed E-state index contributed by atoms with van der Waals surface area (Å²) < 4.78 is 3.79. The lowest BCUT2D eigenvalue weighted by Gasteiger charge is -2.32. The number of amides is 1. The number of nitrogens with one attached hydrogen (secondary N) is 1. The summed E-state index contributed by atoms with van der Waals surface area (Å²) in [7, 11) is 0. The van der Waals surface area contributed by atoms with Crippen LogP contribution >= 0.6 is 23.8 Å². The highest BCUT2D eigenvalue weighted by Gasteiger charge is 2.36. The number of nitrogens with zero attached hydrogens (tertiary/aromatic N) is 2. The van der Waals surface area contributed by atoms with E-state index in [1.54, 1.807) is 6.92 Å². The van der Waals surface area contributed by atoms with Crippen molar-refractivity contribution in [1.29, 1.82) is 0 Å². The van der Waals surface area contributed by atoms with Gasteiger partial charge in [0.05, 0.1) is 16.2 Å². The third kappa shape index (κ3) is 3.09. The van der Waals surface area contributed by atoms with E-state index in [9.17, 15) is 4.79 Å². The molecule has 0 aromatic carbocycles. The lowest BCUT2D eigenvalue weighted by Crippen LogP contribution is -2.56. The van der Waals surface area contributed by atoms with Crippen LogP contribution in [-0.2, 0) is 0 Å². The van der Waals surface area contributed by atoms with Crippen LogP contribution in [0.3, 0.4) is 0 Å². The highest BCUT2D eigenvalue weighted by molar-refractivity contribution is 7.80. The minimum atomic E-state index is -0.542. The van der Waals surface area contributed by atoms with Crippen molar-refractivity contribution in [3.63, 3.8) is 0 Å². The molecule has 0 saturated heterocycles. The number of carbonyl (C=O) groups excluding carboxylic acids is 1. The molecule has 0 aliphatic heterocycles. The molecular weight excluding hydrogens is 280 g/mol. The van der Waals surface area contributed by atoms with Gasteiger partial charge in [0.1, 0.15) is 4.88 Å². The van der Waals surface area contributed by atoms with Gasteiger partial charge < -0.3 is 11.1 Å². The Morgan fingerprint density at radius 2 is 2.00 bits per heavy atom. The molecule has 7 heteroatoms. The van der Waals surface area contributed by atoms with Crippen molar-refractivity contribution < 1.29 is 4.79 Å². The number of rotatable bonds is 3. The predicted octanol–water partition coefficient (Wildman–Crippen LogP) is 1.96. The first kappa shape index (κ1) is 14.3. The normalized spacial score (nSPS) is 18.6. The van der Waals surface area contributed by atoms with E-state index < -0.39 is 5.54 Å². The molecule has 1 heterocycles. The zero-order chi connectivity index (χ0) is 13.9. The standard InChI is InChI=1S/C12H18N4OS2/c1-8-9(19-16-15-8)10(17)14-12(11(13)18)6-4-2-3-5-7-12/h2-7H2,1H3,(H2,13,18)(H,14,17). The maximum Gasteiger partial charge on any atom is 0.265 e. The minimum Gasteiger partial charge on any atom is -0.391 e. The summed E-state index contributed by atoms with van der Waals surface area (Å²) in [4.78, 5) is 13.2. The van der Waals surface area contributed by atoms with Gasteiger partial charge in [-0.05, 0) is 31.3 Å². The molecule has 1 aromatic heterocycles. The monoisotopic (exact) mass is 298 g/mol. The maximum absolute atomic E-state index is 12.3. The quantitative estimate of drug-likeness (QED) is 0.658. The fraction of sp³-hybridized carbons (Fsp3) is 0.667. The molecule has 0 spiro atoms. The fourth-order valence-electron chi connectivity index (χ4n) is 2.48. The van der Waals surface area contributed by atoms with E-state index in [4.69, 9.17) is 18.0 Å². The molecule has 5 nitrogen and oxygen atoms in total. The molecule has 104 valence electrons. The van der Waals surface area contributed by atoms with Gasteiger partial charge in [-0.15, -0.1) is 5.10 Å². The first-order valence-electron chi connectivity index (χ1n) is 6.46. The van der Waals surface area contributed by atoms with Gasteiger partial charge in [0.15, 0.2) is 0 Å². The second-order valence-electron chi connectivity index (χ2n) is 5.00. The molecule has 1 aliphatic rings. The lowest BCUT2D eigenvalue weighted by molar-refractivity contribution is 0.0921. The molecule has 0 unspecified atom stereocenters. The number of hydrogen-bond donors (Lipinski definition) is 2. The Kier molecular flexibility index (Phi) is 4.46. The molecule has 19 heavy (non-hydrogen) atoms. The van der Waals surface area contributed by atoms with Crippen LogP contribution in [0, 0.1) is 6.92 Å². The molecular formula is C12H18N4OS2. The summed E-state index contributed by atoms with van der Waals surface area (Å²) >= 11 is 6.31. The van der Waals surface area contributed by atoms with Crippen LogP contribution in [0.1, 0.15) is 53.9 Å². The van der Waals surface area contributed by atoms with E-state index in [2.05, 4.69) is 14.9 Å². The fourth-order valence-corrected chi connectivity index (χ4v) is 3.29. The van der Waals surface area contributed by atoms with Crippen LogP contribution < -0.4 is 11.1 Å². The van der Waals surface area contributed by atoms with Gasteiger partial charge in [-0.1, -0.05) is 42.4 Å². The number of nitrogens with two attached hydrogens (primary N) is 1. The molecule has 0 atom stereocenters. The van der Waals surface area contributed by atoms with E-state index in [1.807, 2.05) is 0 Å². The van der Waals surface area contributed by atoms with E-state index >= 15 is 0 Å². The SMILES string of the molecule is Cc1nnsc1C(=O)NC1(C(N)=S)CCCCCC1. The largest absolute Gasteiger partial charge is 0.391 e. The molecule has 2 rings (SSSR count). The average Bonchev–Trinajstić information content (AvgIpc) is 2.64. The van der Waals surface area contributed by atoms with Crippen LogP contribution in [0.2, 0.25) is 0 Å². The minimum absolute atomic E-state index is 0.165. The first-order valence-corrected chi connectivity index (χ1v) is 7.65. The van der Waals surface area contributed by atoms with Crippen molar-refractivity contribution in [3.8, 4) is 0 Å². The van der Waals surface area contributed by atoms with Crippen LogP contribution in [0.5, 0.6) is 0 Å². The van der Waals surface area contributed by atoms with Crippen molar-refractivity contribution in [3.05, 3.63) is 10.6 Å². The summed E-state index contributed by atoms with van der Waals surface area (Å²) in [6.45, 7) is 1.78. The van der Waals surface area contributed by atoms with Crippen LogP contribution in [0.25, 0.3) is 0 Å². The molecule has 1 amide bonds. The number of carbonyl (C=O) groups is 1. The van der Waals surface area contributed by atoms with E-state index in [0.29, 0.717) is 15.6 Å². The highest BCUT2D eigenvalue weighted by atomic mass is 32.1. The Balaban J connectivity index is 2.19. The topological polar surface area (TPSA) is 80.9 Å². The zero-order valence-corrected chi connectivity index (χ0v) is 12.6. The second kappa shape index (κ2) is 5.92. The van der Waals surface area contributed by atoms with Crippen molar-refractivity contribution >= 4 is 34.6 Å². The summed E-state index contributed by atoms with van der Waals surface area (Å²) in [6.07, 6.45) is 6.05. The Morgan fingerprint density at radius 3 is 2.47 bits per heavy atom. The number of aromatic nitrogens is 2. The van der Waals surface area contributed by atoms with Gasteiger partial charge in [0, 0.05) is 0 Å². The van der Waals surface area contributed by atoms with Crippen molar-refractivity contribution in [2.75, 3.05) is 0 Å². The zero-order valence-electron chi connectivity index (χ0n) is 10.9. The van der Waals surface area contributed by atoms with Crippen molar-refractivity contribution in [1.82, 2.24) is 14.9 Å². The van der Waals surface area contributed by atoms with E-state index in [-0.39, 0.29) is 5.91 Å². The van der Waals surface area contributed by atoms with Gasteiger partial charge in [-0.25, -0.2) is 0 Å². The van der Waals surface area contributed by atoms with Crippen LogP contribution in [0.4, 0.5) is 0 Å². The maximum atomic E-state index is 12.3. The Morgan fingerprint density at radius 1 is 1.37 bits per heavy atom. The van der Waals surface area contributed by atoms with Gasteiger partial charge in [-0.3, -0.25) is 4.79 Å². The average molecular weight is 298 g/mol. The molecule has 1 aliphatic carbocycles. The van der Waals surface area contributed by atoms with Crippen LogP contribution in [0.15, 0.2) is 0 Å². The molecule has 0 radical (unpaired) electrons. The van der Waals surface area contributed by atoms with Gasteiger partial charge in [0.2, 0.25) is 0 Å². The predicted molar refractivity (Wildman–Crippen MR) is 79.3 cm³/mol. The van der Waals surface area contributed by atoms with Crippen molar-refractivity contribution in [2.45, 2.75) is 51.0 Å². The van der Waals surface area contributed by atoms with Gasteiger partial charge in [-0.2, -0.15) is 0 Å². The molecule has 0 bridgehead atoms. The summed E-state index contributed by atoms with van der Waals surface area (Å²) in [5, 5.41) is 6.90. The van der Waals surface area contributed by atoms with Crippen molar-refractivity contribution in [2.24, 2.45) is 5.73 Å². The molecule has 1 fully saturated rings. The molecule has 3 N–H and O–H groups in total. The van der Waals surface area contributed by atoms with E-state index in [0.717, 1.165) is 37.2 Å².